The molecule has 1 heterocycles. The summed E-state index contributed by atoms with van der Waals surface area (Å²) in [5, 5.41) is 0. The summed E-state index contributed by atoms with van der Waals surface area (Å²) in [5.41, 5.74) is 8.95. The van der Waals surface area contributed by atoms with Gasteiger partial charge >= 0.3 is 0 Å². The van der Waals surface area contributed by atoms with Crippen LogP contribution in [0.5, 0.6) is 0 Å². The Morgan fingerprint density at radius 3 is 2.56 bits per heavy atom. The molecule has 0 radical (unpaired) electrons. The molecule has 3 rings (SSSR count). The highest BCUT2D eigenvalue weighted by Gasteiger charge is 2.32. The van der Waals surface area contributed by atoms with Crippen LogP contribution in [0.25, 0.3) is 0 Å². The quantitative estimate of drug-likeness (QED) is 0.775. The maximum atomic E-state index is 6.19. The molecule has 0 spiro atoms. The van der Waals surface area contributed by atoms with Crippen LogP contribution < -0.4 is 5.73 Å². The molecule has 16 heavy (non-hydrogen) atoms. The maximum Gasteiger partial charge on any atom is 0.0594 e. The van der Waals surface area contributed by atoms with E-state index in [4.69, 9.17) is 10.5 Å². The Morgan fingerprint density at radius 2 is 1.81 bits per heavy atom. The van der Waals surface area contributed by atoms with E-state index in [2.05, 4.69) is 29.2 Å². The van der Waals surface area contributed by atoms with Gasteiger partial charge in [-0.2, -0.15) is 0 Å². The van der Waals surface area contributed by atoms with Crippen molar-refractivity contribution < 1.29 is 4.74 Å². The highest BCUT2D eigenvalue weighted by Crippen LogP contribution is 2.40. The first-order valence-corrected chi connectivity index (χ1v) is 6.02. The van der Waals surface area contributed by atoms with Crippen LogP contribution in [-0.4, -0.2) is 31.2 Å². The number of hydrogen-bond acceptors (Lipinski definition) is 3. The normalized spacial score (nSPS) is 30.3. The van der Waals surface area contributed by atoms with E-state index in [1.165, 1.54) is 11.1 Å². The van der Waals surface area contributed by atoms with E-state index >= 15 is 0 Å². The summed E-state index contributed by atoms with van der Waals surface area (Å²) in [7, 11) is 0. The molecule has 1 aliphatic carbocycles. The first-order valence-electron chi connectivity index (χ1n) is 6.02. The summed E-state index contributed by atoms with van der Waals surface area (Å²) in [5.74, 6) is 0. The second-order valence-electron chi connectivity index (χ2n) is 4.64. The van der Waals surface area contributed by atoms with Crippen LogP contribution in [0.3, 0.4) is 0 Å². The summed E-state index contributed by atoms with van der Waals surface area (Å²) in [6.07, 6.45) is 1.05. The Kier molecular flexibility index (Phi) is 2.67. The second kappa shape index (κ2) is 4.17. The summed E-state index contributed by atoms with van der Waals surface area (Å²) < 4.78 is 5.40. The Morgan fingerprint density at radius 1 is 1.12 bits per heavy atom. The third-order valence-electron chi connectivity index (χ3n) is 3.72. The van der Waals surface area contributed by atoms with Gasteiger partial charge in [0.25, 0.3) is 0 Å². The monoisotopic (exact) mass is 218 g/mol. The fraction of sp³-hybridized carbons (Fsp3) is 0.538. The molecule has 2 aliphatic rings. The number of fused-ring (bicyclic) bond motifs is 1. The molecule has 0 saturated carbocycles. The third kappa shape index (κ3) is 1.65. The molecule has 1 aromatic carbocycles. The van der Waals surface area contributed by atoms with Crippen LogP contribution >= 0.6 is 0 Å². The lowest BCUT2D eigenvalue weighted by atomic mass is 10.1. The Balaban J connectivity index is 1.87. The van der Waals surface area contributed by atoms with Crippen molar-refractivity contribution in [2.45, 2.75) is 18.5 Å². The standard InChI is InChI=1S/C13H18N2O/c14-12-9-13(15-5-7-16-8-6-15)11-4-2-1-3-10(11)12/h1-4,12-13H,5-9,14H2. The number of benzene rings is 1. The van der Waals surface area contributed by atoms with E-state index in [-0.39, 0.29) is 6.04 Å². The van der Waals surface area contributed by atoms with E-state index < -0.39 is 0 Å². The van der Waals surface area contributed by atoms with Gasteiger partial charge < -0.3 is 10.5 Å². The fourth-order valence-electron chi connectivity index (χ4n) is 2.88. The number of nitrogens with zero attached hydrogens (tertiary/aromatic N) is 1. The molecule has 0 aromatic heterocycles. The number of hydrogen-bond donors (Lipinski definition) is 1. The predicted octanol–water partition coefficient (Wildman–Crippen LogP) is 1.46. The van der Waals surface area contributed by atoms with Crippen molar-refractivity contribution in [1.82, 2.24) is 4.90 Å². The van der Waals surface area contributed by atoms with Crippen molar-refractivity contribution in [3.63, 3.8) is 0 Å². The van der Waals surface area contributed by atoms with Crippen LogP contribution in [0.15, 0.2) is 24.3 Å². The van der Waals surface area contributed by atoms with Gasteiger partial charge in [-0.05, 0) is 17.5 Å². The number of ether oxygens (including phenoxy) is 1. The van der Waals surface area contributed by atoms with E-state index in [1.807, 2.05) is 0 Å². The number of nitrogens with two attached hydrogens (primary N) is 1. The van der Waals surface area contributed by atoms with Crippen molar-refractivity contribution in [2.75, 3.05) is 26.3 Å². The van der Waals surface area contributed by atoms with E-state index in [0.29, 0.717) is 6.04 Å². The zero-order chi connectivity index (χ0) is 11.0. The zero-order valence-corrected chi connectivity index (χ0v) is 9.43. The number of rotatable bonds is 1. The molecule has 2 N–H and O–H groups in total. The highest BCUT2D eigenvalue weighted by atomic mass is 16.5. The van der Waals surface area contributed by atoms with Gasteiger partial charge in [0.1, 0.15) is 0 Å². The molecule has 2 unspecified atom stereocenters. The van der Waals surface area contributed by atoms with Gasteiger partial charge in [0.05, 0.1) is 13.2 Å². The lowest BCUT2D eigenvalue weighted by molar-refractivity contribution is 0.0155. The third-order valence-corrected chi connectivity index (χ3v) is 3.72. The Bertz CT molecular complexity index is 374. The lowest BCUT2D eigenvalue weighted by Gasteiger charge is -2.32. The molecule has 3 heteroatoms. The van der Waals surface area contributed by atoms with Gasteiger partial charge in [-0.3, -0.25) is 4.90 Å². The van der Waals surface area contributed by atoms with Crippen molar-refractivity contribution in [1.29, 1.82) is 0 Å². The average Bonchev–Trinajstić information content (AvgIpc) is 2.69. The molecule has 0 bridgehead atoms. The maximum absolute atomic E-state index is 6.19. The topological polar surface area (TPSA) is 38.5 Å². The minimum atomic E-state index is 0.212. The van der Waals surface area contributed by atoms with Crippen molar-refractivity contribution >= 4 is 0 Å². The minimum absolute atomic E-state index is 0.212. The molecule has 1 aromatic rings. The Hall–Kier alpha value is -0.900. The largest absolute Gasteiger partial charge is 0.379 e. The van der Waals surface area contributed by atoms with Gasteiger partial charge in [0.15, 0.2) is 0 Å². The molecule has 2 atom stereocenters. The summed E-state index contributed by atoms with van der Waals surface area (Å²) in [6, 6.07) is 9.31. The second-order valence-corrected chi connectivity index (χ2v) is 4.64. The molecule has 0 amide bonds. The van der Waals surface area contributed by atoms with Crippen LogP contribution in [0.2, 0.25) is 0 Å². The van der Waals surface area contributed by atoms with Gasteiger partial charge in [0, 0.05) is 25.2 Å². The molecule has 1 aliphatic heterocycles. The molecular weight excluding hydrogens is 200 g/mol. The van der Waals surface area contributed by atoms with Crippen molar-refractivity contribution in [3.05, 3.63) is 35.4 Å². The van der Waals surface area contributed by atoms with Crippen LogP contribution in [0.4, 0.5) is 0 Å². The average molecular weight is 218 g/mol. The summed E-state index contributed by atoms with van der Waals surface area (Å²) >= 11 is 0. The van der Waals surface area contributed by atoms with Gasteiger partial charge in [-0.25, -0.2) is 0 Å². The van der Waals surface area contributed by atoms with Crippen LogP contribution in [0, 0.1) is 0 Å². The van der Waals surface area contributed by atoms with Crippen LogP contribution in [-0.2, 0) is 4.74 Å². The van der Waals surface area contributed by atoms with E-state index in [9.17, 15) is 0 Å². The van der Waals surface area contributed by atoms with Gasteiger partial charge in [0.2, 0.25) is 0 Å². The van der Waals surface area contributed by atoms with Crippen molar-refractivity contribution in [3.8, 4) is 0 Å². The molecule has 1 fully saturated rings. The molecule has 1 saturated heterocycles. The fourth-order valence-corrected chi connectivity index (χ4v) is 2.88. The molecule has 86 valence electrons. The van der Waals surface area contributed by atoms with Gasteiger partial charge in [-0.15, -0.1) is 0 Å². The summed E-state index contributed by atoms with van der Waals surface area (Å²) in [4.78, 5) is 2.51. The summed E-state index contributed by atoms with van der Waals surface area (Å²) in [6.45, 7) is 3.78. The minimum Gasteiger partial charge on any atom is -0.379 e. The predicted molar refractivity (Wildman–Crippen MR) is 63.1 cm³/mol. The highest BCUT2D eigenvalue weighted by molar-refractivity contribution is 5.37. The molecule has 3 nitrogen and oxygen atoms in total. The lowest BCUT2D eigenvalue weighted by Crippen LogP contribution is -2.38. The van der Waals surface area contributed by atoms with E-state index in [1.54, 1.807) is 0 Å². The number of morpholine rings is 1. The molecular formula is C13H18N2O. The Labute approximate surface area is 96.2 Å². The van der Waals surface area contributed by atoms with E-state index in [0.717, 1.165) is 32.7 Å². The first kappa shape index (κ1) is 10.3. The van der Waals surface area contributed by atoms with Crippen LogP contribution in [0.1, 0.15) is 29.6 Å². The van der Waals surface area contributed by atoms with Crippen molar-refractivity contribution in [2.24, 2.45) is 5.73 Å². The smallest absolute Gasteiger partial charge is 0.0594 e. The van der Waals surface area contributed by atoms with Gasteiger partial charge in [-0.1, -0.05) is 24.3 Å². The first-order chi connectivity index (χ1) is 7.86. The SMILES string of the molecule is NC1CC(N2CCOCC2)c2ccccc21. The zero-order valence-electron chi connectivity index (χ0n) is 9.43.